The van der Waals surface area contributed by atoms with Crippen LogP contribution in [0.4, 0.5) is 24.5 Å². The molecule has 0 atom stereocenters. The minimum absolute atomic E-state index is 0.0750. The highest BCUT2D eigenvalue weighted by molar-refractivity contribution is 7.92. The number of benzene rings is 3. The Hall–Kier alpha value is -5.48. The van der Waals surface area contributed by atoms with Crippen LogP contribution >= 0.6 is 0 Å². The Labute approximate surface area is 304 Å². The maximum Gasteiger partial charge on any atom is 0.422 e. The summed E-state index contributed by atoms with van der Waals surface area (Å²) in [6, 6.07) is 21.8. The van der Waals surface area contributed by atoms with Crippen LogP contribution in [0.1, 0.15) is 16.1 Å². The number of aryl methyl sites for hydroxylation is 1. The van der Waals surface area contributed by atoms with E-state index in [0.29, 0.717) is 56.5 Å². The second-order valence-corrected chi connectivity index (χ2v) is 14.6. The van der Waals surface area contributed by atoms with Crippen LogP contribution in [0.25, 0.3) is 10.9 Å². The number of alkyl halides is 3. The van der Waals surface area contributed by atoms with Crippen molar-refractivity contribution in [3.8, 4) is 23.1 Å². The largest absolute Gasteiger partial charge is 0.490 e. The van der Waals surface area contributed by atoms with Crippen molar-refractivity contribution < 1.29 is 40.6 Å². The lowest BCUT2D eigenvalue weighted by Gasteiger charge is -2.34. The molecule has 0 unspecified atom stereocenters. The van der Waals surface area contributed by atoms with E-state index in [4.69, 9.17) is 14.2 Å². The summed E-state index contributed by atoms with van der Waals surface area (Å²) in [6.07, 6.45) is -3.01. The molecule has 12 nitrogen and oxygen atoms in total. The van der Waals surface area contributed by atoms with Crippen LogP contribution in [0.3, 0.4) is 0 Å². The van der Waals surface area contributed by atoms with Gasteiger partial charge >= 0.3 is 6.18 Å². The lowest BCUT2D eigenvalue weighted by molar-refractivity contribution is -0.153. The number of hydrogen-bond acceptors (Lipinski definition) is 9. The molecule has 0 aliphatic carbocycles. The van der Waals surface area contributed by atoms with Crippen molar-refractivity contribution in [1.29, 1.82) is 0 Å². The molecule has 278 valence electrons. The third kappa shape index (κ3) is 8.28. The number of piperazine rings is 1. The quantitative estimate of drug-likeness (QED) is 0.186. The second kappa shape index (κ2) is 14.5. The summed E-state index contributed by atoms with van der Waals surface area (Å²) in [7, 11) is -0.150. The maximum atomic E-state index is 13.6. The van der Waals surface area contributed by atoms with Crippen molar-refractivity contribution in [2.24, 2.45) is 7.05 Å². The number of hydrogen-bond donors (Lipinski definition) is 1. The summed E-state index contributed by atoms with van der Waals surface area (Å²) < 4.78 is 84.2. The van der Waals surface area contributed by atoms with E-state index in [0.717, 1.165) is 28.7 Å². The van der Waals surface area contributed by atoms with E-state index >= 15 is 0 Å². The van der Waals surface area contributed by atoms with Crippen LogP contribution < -0.4 is 23.8 Å². The number of nitrogens with one attached hydrogen (secondary N) is 1. The summed E-state index contributed by atoms with van der Waals surface area (Å²) in [5, 5.41) is 0.862. The first-order chi connectivity index (χ1) is 25.3. The number of carbonyl (C=O) groups excluding carboxylic acids is 1. The van der Waals surface area contributed by atoms with Crippen molar-refractivity contribution in [2.75, 3.05) is 62.6 Å². The van der Waals surface area contributed by atoms with Crippen LogP contribution in [0.15, 0.2) is 90.0 Å². The summed E-state index contributed by atoms with van der Waals surface area (Å²) in [5.41, 5.74) is 3.36. The SMILES string of the molecule is CN1CCOc2cc(S(=O)(=O)Nc3ccc(Oc4ccc5cc(C(=O)N6CCN(Cc7ccc(OCC(F)(F)F)cc7)CC6)n(C)c5c4)nc3)ccc21. The van der Waals surface area contributed by atoms with Gasteiger partial charge in [-0.1, -0.05) is 12.1 Å². The van der Waals surface area contributed by atoms with E-state index < -0.39 is 22.8 Å². The van der Waals surface area contributed by atoms with Gasteiger partial charge in [0.2, 0.25) is 5.88 Å². The average molecular weight is 751 g/mol. The highest BCUT2D eigenvalue weighted by atomic mass is 32.2. The van der Waals surface area contributed by atoms with Gasteiger partial charge < -0.3 is 28.6 Å². The summed E-state index contributed by atoms with van der Waals surface area (Å²) in [6.45, 7) is 2.82. The number of carbonyl (C=O) groups is 1. The van der Waals surface area contributed by atoms with Gasteiger partial charge in [-0.25, -0.2) is 13.4 Å². The van der Waals surface area contributed by atoms with Gasteiger partial charge in [-0.2, -0.15) is 13.2 Å². The fourth-order valence-corrected chi connectivity index (χ4v) is 7.36. The molecule has 3 aromatic carbocycles. The number of amides is 1. The Kier molecular flexibility index (Phi) is 9.83. The van der Waals surface area contributed by atoms with E-state index in [2.05, 4.69) is 14.6 Å². The molecule has 2 aliphatic heterocycles. The lowest BCUT2D eigenvalue weighted by Crippen LogP contribution is -2.48. The third-order valence-corrected chi connectivity index (χ3v) is 10.6. The zero-order chi connectivity index (χ0) is 37.3. The van der Waals surface area contributed by atoms with Crippen molar-refractivity contribution in [3.05, 3.63) is 96.3 Å². The lowest BCUT2D eigenvalue weighted by atomic mass is 10.2. The third-order valence-electron chi connectivity index (χ3n) is 9.18. The normalized spacial score (nSPS) is 15.2. The molecule has 7 rings (SSSR count). The Bertz CT molecular complexity index is 2220. The molecule has 1 N–H and O–H groups in total. The molecule has 0 spiro atoms. The molecule has 4 heterocycles. The molecular formula is C37H37F3N6O6S. The first-order valence-electron chi connectivity index (χ1n) is 16.9. The molecule has 0 radical (unpaired) electrons. The van der Waals surface area contributed by atoms with Crippen LogP contribution in [-0.4, -0.2) is 92.8 Å². The number of sulfonamides is 1. The van der Waals surface area contributed by atoms with Crippen molar-refractivity contribution in [1.82, 2.24) is 19.4 Å². The maximum absolute atomic E-state index is 13.6. The molecule has 1 saturated heterocycles. The fraction of sp³-hybridized carbons (Fsp3) is 0.297. The molecule has 2 aromatic heterocycles. The monoisotopic (exact) mass is 750 g/mol. The molecule has 16 heteroatoms. The molecule has 2 aliphatic rings. The van der Waals surface area contributed by atoms with Gasteiger partial charge in [0, 0.05) is 70.4 Å². The van der Waals surface area contributed by atoms with Gasteiger partial charge in [0.15, 0.2) is 6.61 Å². The van der Waals surface area contributed by atoms with E-state index in [9.17, 15) is 26.4 Å². The summed E-state index contributed by atoms with van der Waals surface area (Å²) in [5.74, 6) is 1.33. The second-order valence-electron chi connectivity index (χ2n) is 12.9. The predicted molar refractivity (Wildman–Crippen MR) is 192 cm³/mol. The predicted octanol–water partition coefficient (Wildman–Crippen LogP) is 5.89. The van der Waals surface area contributed by atoms with Crippen LogP contribution in [0.5, 0.6) is 23.1 Å². The highest BCUT2D eigenvalue weighted by Crippen LogP contribution is 2.34. The van der Waals surface area contributed by atoms with Crippen molar-refractivity contribution in [2.45, 2.75) is 17.6 Å². The molecule has 1 amide bonds. The van der Waals surface area contributed by atoms with Gasteiger partial charge in [-0.15, -0.1) is 0 Å². The van der Waals surface area contributed by atoms with Gasteiger partial charge in [0.25, 0.3) is 15.9 Å². The Morgan fingerprint density at radius 1 is 0.906 bits per heavy atom. The number of nitrogens with zero attached hydrogens (tertiary/aromatic N) is 5. The standard InChI is InChI=1S/C37H37F3N6O6S/c1-43-17-18-50-34-21-30(10-11-31(34)43)53(48,49)42-27-6-12-35(41-22-27)52-29-9-5-26-19-33(44(2)32(26)20-29)36(47)46-15-13-45(14-16-46)23-25-3-7-28(8-4-25)51-24-37(38,39)40/h3-12,19-22,42H,13-18,23-24H2,1-2H3. The zero-order valence-corrected chi connectivity index (χ0v) is 29.8. The molecule has 0 bridgehead atoms. The number of likely N-dealkylation sites (N-methyl/N-ethyl adjacent to an activating group) is 1. The number of pyridine rings is 1. The van der Waals surface area contributed by atoms with E-state index in [1.165, 1.54) is 30.5 Å². The van der Waals surface area contributed by atoms with Gasteiger partial charge in [-0.3, -0.25) is 14.4 Å². The summed E-state index contributed by atoms with van der Waals surface area (Å²) >= 11 is 0. The smallest absolute Gasteiger partial charge is 0.422 e. The molecule has 5 aromatic rings. The number of ether oxygens (including phenoxy) is 3. The van der Waals surface area contributed by atoms with Crippen molar-refractivity contribution in [3.63, 3.8) is 0 Å². The van der Waals surface area contributed by atoms with Crippen molar-refractivity contribution >= 4 is 38.2 Å². The first kappa shape index (κ1) is 35.9. The number of rotatable bonds is 10. The van der Waals surface area contributed by atoms with E-state index in [1.54, 1.807) is 36.4 Å². The van der Waals surface area contributed by atoms with Crippen LogP contribution in [0, 0.1) is 0 Å². The topological polar surface area (TPSA) is 118 Å². The van der Waals surface area contributed by atoms with E-state index in [1.807, 2.05) is 46.7 Å². The van der Waals surface area contributed by atoms with Crippen LogP contribution in [-0.2, 0) is 23.6 Å². The molecular weight excluding hydrogens is 714 g/mol. The minimum atomic E-state index is -4.39. The number of halogens is 3. The number of fused-ring (bicyclic) bond motifs is 2. The van der Waals surface area contributed by atoms with E-state index in [-0.39, 0.29) is 28.1 Å². The molecule has 53 heavy (non-hydrogen) atoms. The number of aromatic nitrogens is 2. The van der Waals surface area contributed by atoms with Gasteiger partial charge in [0.1, 0.15) is 29.5 Å². The fourth-order valence-electron chi connectivity index (χ4n) is 6.31. The van der Waals surface area contributed by atoms with Gasteiger partial charge in [0.05, 0.1) is 34.5 Å². The first-order valence-corrected chi connectivity index (χ1v) is 18.3. The zero-order valence-electron chi connectivity index (χ0n) is 29.0. The Morgan fingerprint density at radius 3 is 2.38 bits per heavy atom. The molecule has 1 fully saturated rings. The average Bonchev–Trinajstić information content (AvgIpc) is 3.47. The Balaban J connectivity index is 0.941. The Morgan fingerprint density at radius 2 is 1.66 bits per heavy atom. The minimum Gasteiger partial charge on any atom is -0.490 e. The van der Waals surface area contributed by atoms with Gasteiger partial charge in [-0.05, 0) is 54.1 Å². The highest BCUT2D eigenvalue weighted by Gasteiger charge is 2.29. The summed E-state index contributed by atoms with van der Waals surface area (Å²) in [4.78, 5) is 24.0. The number of anilines is 2. The van der Waals surface area contributed by atoms with Crippen LogP contribution in [0.2, 0.25) is 0 Å². The molecule has 0 saturated carbocycles.